The number of carbonyl (C=O) groups is 1. The SMILES string of the molecule is CCOC(=O)C(C)(C#N)CCF. The van der Waals surface area contributed by atoms with Gasteiger partial charge in [0.25, 0.3) is 0 Å². The number of alkyl halides is 1. The molecule has 0 saturated carbocycles. The number of ether oxygens (including phenoxy) is 1. The van der Waals surface area contributed by atoms with Crippen LogP contribution in [0.15, 0.2) is 0 Å². The van der Waals surface area contributed by atoms with Crippen LogP contribution in [0.2, 0.25) is 0 Å². The first kappa shape index (κ1) is 10.9. The van der Waals surface area contributed by atoms with Crippen LogP contribution in [0.4, 0.5) is 4.39 Å². The molecule has 0 fully saturated rings. The first-order valence-corrected chi connectivity index (χ1v) is 3.75. The van der Waals surface area contributed by atoms with Crippen molar-refractivity contribution in [3.8, 4) is 6.07 Å². The van der Waals surface area contributed by atoms with E-state index in [-0.39, 0.29) is 13.0 Å². The fourth-order valence-electron chi connectivity index (χ4n) is 0.683. The summed E-state index contributed by atoms with van der Waals surface area (Å²) in [5, 5.41) is 8.60. The highest BCUT2D eigenvalue weighted by Gasteiger charge is 2.34. The maximum Gasteiger partial charge on any atom is 0.326 e. The summed E-state index contributed by atoms with van der Waals surface area (Å²) in [4.78, 5) is 11.1. The zero-order valence-electron chi connectivity index (χ0n) is 7.26. The molecule has 4 heteroatoms. The standard InChI is InChI=1S/C8H12FNO2/c1-3-12-7(11)8(2,6-10)4-5-9/h3-5H2,1-2H3. The summed E-state index contributed by atoms with van der Waals surface area (Å²) in [6.45, 7) is 2.54. The van der Waals surface area contributed by atoms with E-state index in [9.17, 15) is 9.18 Å². The molecule has 1 unspecified atom stereocenters. The third-order valence-electron chi connectivity index (χ3n) is 1.57. The molecule has 12 heavy (non-hydrogen) atoms. The molecular weight excluding hydrogens is 161 g/mol. The number of halogens is 1. The second-order valence-electron chi connectivity index (χ2n) is 2.60. The van der Waals surface area contributed by atoms with Crippen molar-refractivity contribution in [1.29, 1.82) is 5.26 Å². The topological polar surface area (TPSA) is 50.1 Å². The average Bonchev–Trinajstić information content (AvgIpc) is 2.05. The van der Waals surface area contributed by atoms with Crippen molar-refractivity contribution >= 4 is 5.97 Å². The van der Waals surface area contributed by atoms with E-state index < -0.39 is 18.1 Å². The smallest absolute Gasteiger partial charge is 0.326 e. The van der Waals surface area contributed by atoms with Crippen LogP contribution in [0.5, 0.6) is 0 Å². The Morgan fingerprint density at radius 1 is 1.75 bits per heavy atom. The molecule has 0 saturated heterocycles. The Hall–Kier alpha value is -1.11. The first-order valence-electron chi connectivity index (χ1n) is 3.75. The van der Waals surface area contributed by atoms with E-state index in [4.69, 9.17) is 5.26 Å². The zero-order chi connectivity index (χ0) is 9.61. The fourth-order valence-corrected chi connectivity index (χ4v) is 0.683. The summed E-state index contributed by atoms with van der Waals surface area (Å²) in [7, 11) is 0. The molecule has 0 aromatic heterocycles. The zero-order valence-corrected chi connectivity index (χ0v) is 7.26. The highest BCUT2D eigenvalue weighted by Crippen LogP contribution is 2.22. The van der Waals surface area contributed by atoms with Gasteiger partial charge in [-0.3, -0.25) is 9.18 Å². The molecule has 0 amide bonds. The van der Waals surface area contributed by atoms with Crippen LogP contribution < -0.4 is 0 Å². The van der Waals surface area contributed by atoms with Crippen molar-refractivity contribution in [2.45, 2.75) is 20.3 Å². The van der Waals surface area contributed by atoms with E-state index in [0.29, 0.717) is 0 Å². The van der Waals surface area contributed by atoms with Gasteiger partial charge in [0.1, 0.15) is 0 Å². The van der Waals surface area contributed by atoms with E-state index in [1.54, 1.807) is 13.0 Å². The minimum atomic E-state index is -1.33. The molecule has 0 aliphatic heterocycles. The molecule has 0 N–H and O–H groups in total. The van der Waals surface area contributed by atoms with E-state index in [2.05, 4.69) is 4.74 Å². The maximum absolute atomic E-state index is 11.9. The average molecular weight is 173 g/mol. The van der Waals surface area contributed by atoms with Crippen molar-refractivity contribution in [3.05, 3.63) is 0 Å². The predicted octanol–water partition coefficient (Wildman–Crippen LogP) is 1.44. The number of carbonyl (C=O) groups excluding carboxylic acids is 1. The molecule has 1 atom stereocenters. The Morgan fingerprint density at radius 3 is 2.67 bits per heavy atom. The van der Waals surface area contributed by atoms with E-state index >= 15 is 0 Å². The highest BCUT2D eigenvalue weighted by molar-refractivity contribution is 5.79. The predicted molar refractivity (Wildman–Crippen MR) is 40.9 cm³/mol. The lowest BCUT2D eigenvalue weighted by Crippen LogP contribution is -2.28. The van der Waals surface area contributed by atoms with Crippen LogP contribution in [0.1, 0.15) is 20.3 Å². The number of nitrogens with zero attached hydrogens (tertiary/aromatic N) is 1. The lowest BCUT2D eigenvalue weighted by molar-refractivity contribution is -0.151. The Bertz CT molecular complexity index is 200. The van der Waals surface area contributed by atoms with Gasteiger partial charge >= 0.3 is 5.97 Å². The molecule has 0 aliphatic carbocycles. The van der Waals surface area contributed by atoms with Crippen LogP contribution in [0, 0.1) is 16.7 Å². The van der Waals surface area contributed by atoms with Gasteiger partial charge < -0.3 is 4.74 Å². The van der Waals surface area contributed by atoms with Crippen LogP contribution in [0.25, 0.3) is 0 Å². The van der Waals surface area contributed by atoms with E-state index in [1.165, 1.54) is 6.92 Å². The molecule has 0 aromatic carbocycles. The highest BCUT2D eigenvalue weighted by atomic mass is 19.1. The summed E-state index contributed by atoms with van der Waals surface area (Å²) in [6, 6.07) is 1.75. The van der Waals surface area contributed by atoms with Gasteiger partial charge in [0.2, 0.25) is 0 Å². The van der Waals surface area contributed by atoms with Crippen molar-refractivity contribution < 1.29 is 13.9 Å². The number of nitriles is 1. The quantitative estimate of drug-likeness (QED) is 0.604. The van der Waals surface area contributed by atoms with Gasteiger partial charge in [-0.25, -0.2) is 0 Å². The number of esters is 1. The van der Waals surface area contributed by atoms with Gasteiger partial charge in [0, 0.05) is 6.42 Å². The van der Waals surface area contributed by atoms with Gasteiger partial charge in [0.05, 0.1) is 19.4 Å². The fraction of sp³-hybridized carbons (Fsp3) is 0.750. The third kappa shape index (κ3) is 2.50. The van der Waals surface area contributed by atoms with Gasteiger partial charge in [-0.2, -0.15) is 5.26 Å². The second kappa shape index (κ2) is 4.70. The van der Waals surface area contributed by atoms with Crippen LogP contribution in [-0.2, 0) is 9.53 Å². The summed E-state index contributed by atoms with van der Waals surface area (Å²) in [5.74, 6) is -0.648. The minimum Gasteiger partial charge on any atom is -0.465 e. The van der Waals surface area contributed by atoms with Crippen LogP contribution in [0.3, 0.4) is 0 Å². The molecule has 0 spiro atoms. The van der Waals surface area contributed by atoms with Gasteiger partial charge in [-0.1, -0.05) is 0 Å². The summed E-state index contributed by atoms with van der Waals surface area (Å²) in [5.41, 5.74) is -1.33. The molecule has 0 aliphatic rings. The molecule has 68 valence electrons. The Balaban J connectivity index is 4.32. The summed E-state index contributed by atoms with van der Waals surface area (Å²) < 4.78 is 16.5. The molecule has 0 bridgehead atoms. The molecule has 3 nitrogen and oxygen atoms in total. The maximum atomic E-state index is 11.9. The van der Waals surface area contributed by atoms with Crippen molar-refractivity contribution in [1.82, 2.24) is 0 Å². The normalized spacial score (nSPS) is 14.5. The second-order valence-corrected chi connectivity index (χ2v) is 2.60. The van der Waals surface area contributed by atoms with Crippen LogP contribution in [-0.4, -0.2) is 19.3 Å². The van der Waals surface area contributed by atoms with E-state index in [0.717, 1.165) is 0 Å². The number of hydrogen-bond donors (Lipinski definition) is 0. The summed E-state index contributed by atoms with van der Waals surface area (Å²) >= 11 is 0. The lowest BCUT2D eigenvalue weighted by atomic mass is 9.89. The Kier molecular flexibility index (Phi) is 4.27. The van der Waals surface area contributed by atoms with Gasteiger partial charge in [-0.15, -0.1) is 0 Å². The molecular formula is C8H12FNO2. The molecule has 0 radical (unpaired) electrons. The minimum absolute atomic E-state index is 0.109. The van der Waals surface area contributed by atoms with Crippen molar-refractivity contribution in [3.63, 3.8) is 0 Å². The molecule has 0 aromatic rings. The Labute approximate surface area is 71.1 Å². The number of rotatable bonds is 4. The van der Waals surface area contributed by atoms with Crippen molar-refractivity contribution in [2.75, 3.05) is 13.3 Å². The van der Waals surface area contributed by atoms with Crippen molar-refractivity contribution in [2.24, 2.45) is 5.41 Å². The Morgan fingerprint density at radius 2 is 2.33 bits per heavy atom. The molecule has 0 rings (SSSR count). The molecule has 0 heterocycles. The monoisotopic (exact) mass is 173 g/mol. The van der Waals surface area contributed by atoms with Crippen LogP contribution >= 0.6 is 0 Å². The number of hydrogen-bond acceptors (Lipinski definition) is 3. The summed E-state index contributed by atoms with van der Waals surface area (Å²) in [6.07, 6.45) is -0.109. The first-order chi connectivity index (χ1) is 5.60. The lowest BCUT2D eigenvalue weighted by Gasteiger charge is -2.16. The van der Waals surface area contributed by atoms with E-state index in [1.807, 2.05) is 0 Å². The third-order valence-corrected chi connectivity index (χ3v) is 1.57. The van der Waals surface area contributed by atoms with Gasteiger partial charge in [0.15, 0.2) is 5.41 Å². The largest absolute Gasteiger partial charge is 0.465 e. The van der Waals surface area contributed by atoms with Gasteiger partial charge in [-0.05, 0) is 13.8 Å².